The maximum atomic E-state index is 12.2. The Morgan fingerprint density at radius 2 is 1.97 bits per heavy atom. The molecular formula is C23H23N3O4S. The highest BCUT2D eigenvalue weighted by molar-refractivity contribution is 7.09. The van der Waals surface area contributed by atoms with E-state index < -0.39 is 6.09 Å². The highest BCUT2D eigenvalue weighted by Gasteiger charge is 2.10. The molecule has 0 aliphatic carbocycles. The number of methoxy groups -OCH3 is 1. The van der Waals surface area contributed by atoms with Crippen LogP contribution in [-0.4, -0.2) is 31.1 Å². The summed E-state index contributed by atoms with van der Waals surface area (Å²) in [5.74, 6) is 0.442. The van der Waals surface area contributed by atoms with Crippen LogP contribution in [0.4, 0.5) is 16.2 Å². The molecule has 2 amide bonds. The van der Waals surface area contributed by atoms with Crippen LogP contribution >= 0.6 is 11.3 Å². The number of benzene rings is 2. The molecule has 8 heteroatoms. The summed E-state index contributed by atoms with van der Waals surface area (Å²) in [6, 6.07) is 14.4. The second-order valence-corrected chi connectivity index (χ2v) is 7.68. The van der Waals surface area contributed by atoms with Crippen molar-refractivity contribution in [2.45, 2.75) is 13.5 Å². The van der Waals surface area contributed by atoms with Crippen LogP contribution in [0, 0.1) is 6.92 Å². The number of rotatable bonds is 7. The third-order valence-corrected chi connectivity index (χ3v) is 5.13. The molecular weight excluding hydrogens is 414 g/mol. The van der Waals surface area contributed by atoms with E-state index in [1.54, 1.807) is 48.7 Å². The normalized spacial score (nSPS) is 10.7. The summed E-state index contributed by atoms with van der Waals surface area (Å²) in [4.78, 5) is 29.5. The van der Waals surface area contributed by atoms with Gasteiger partial charge in [0.1, 0.15) is 12.4 Å². The fourth-order valence-electron chi connectivity index (χ4n) is 2.71. The van der Waals surface area contributed by atoms with Gasteiger partial charge in [-0.25, -0.2) is 9.78 Å². The van der Waals surface area contributed by atoms with Crippen molar-refractivity contribution in [2.24, 2.45) is 0 Å². The minimum Gasteiger partial charge on any atom is -0.487 e. The number of carbonyl (C=O) groups excluding carboxylic acids is 2. The van der Waals surface area contributed by atoms with Gasteiger partial charge in [-0.1, -0.05) is 12.1 Å². The first-order valence-electron chi connectivity index (χ1n) is 9.49. The van der Waals surface area contributed by atoms with Gasteiger partial charge >= 0.3 is 6.09 Å². The number of aromatic nitrogens is 1. The monoisotopic (exact) mass is 437 g/mol. The zero-order chi connectivity index (χ0) is 22.2. The van der Waals surface area contributed by atoms with Gasteiger partial charge in [-0.05, 0) is 55.0 Å². The Morgan fingerprint density at radius 3 is 2.65 bits per heavy atom. The maximum Gasteiger partial charge on any atom is 0.413 e. The van der Waals surface area contributed by atoms with Crippen LogP contribution in [-0.2, 0) is 16.1 Å². The number of thiazole rings is 1. The van der Waals surface area contributed by atoms with E-state index in [1.807, 2.05) is 36.6 Å². The summed E-state index contributed by atoms with van der Waals surface area (Å²) in [5, 5.41) is 5.77. The minimum absolute atomic E-state index is 0.265. The molecule has 7 nitrogen and oxygen atoms in total. The van der Waals surface area contributed by atoms with Gasteiger partial charge in [0.2, 0.25) is 5.91 Å². The van der Waals surface area contributed by atoms with Crippen LogP contribution in [0.5, 0.6) is 5.75 Å². The van der Waals surface area contributed by atoms with Crippen LogP contribution < -0.4 is 15.0 Å². The van der Waals surface area contributed by atoms with E-state index in [2.05, 4.69) is 15.0 Å². The Bertz CT molecular complexity index is 1080. The summed E-state index contributed by atoms with van der Waals surface area (Å²) >= 11 is 1.59. The van der Waals surface area contributed by atoms with Gasteiger partial charge < -0.3 is 14.8 Å². The maximum absolute atomic E-state index is 12.2. The number of hydrogen-bond acceptors (Lipinski definition) is 6. The second-order valence-electron chi connectivity index (χ2n) is 6.62. The lowest BCUT2D eigenvalue weighted by Gasteiger charge is -2.15. The summed E-state index contributed by atoms with van der Waals surface area (Å²) in [6.07, 6.45) is 2.71. The van der Waals surface area contributed by atoms with E-state index in [0.717, 1.165) is 16.3 Å². The lowest BCUT2D eigenvalue weighted by molar-refractivity contribution is -0.111. The average Bonchev–Trinajstić information content (AvgIpc) is 3.21. The smallest absolute Gasteiger partial charge is 0.413 e. The first kappa shape index (κ1) is 22.0. The zero-order valence-electron chi connectivity index (χ0n) is 17.5. The predicted octanol–water partition coefficient (Wildman–Crippen LogP) is 4.89. The molecule has 3 rings (SSSR count). The minimum atomic E-state index is -0.465. The van der Waals surface area contributed by atoms with E-state index in [0.29, 0.717) is 23.7 Å². The van der Waals surface area contributed by atoms with Crippen molar-refractivity contribution in [3.05, 3.63) is 76.3 Å². The van der Waals surface area contributed by atoms with Crippen LogP contribution in [0.15, 0.2) is 60.0 Å². The highest BCUT2D eigenvalue weighted by Crippen LogP contribution is 2.19. The van der Waals surface area contributed by atoms with Crippen molar-refractivity contribution >= 4 is 40.8 Å². The van der Waals surface area contributed by atoms with E-state index in [4.69, 9.17) is 4.74 Å². The van der Waals surface area contributed by atoms with Gasteiger partial charge in [-0.3, -0.25) is 9.69 Å². The molecule has 0 spiro atoms. The Labute approximate surface area is 184 Å². The van der Waals surface area contributed by atoms with Crippen LogP contribution in [0.3, 0.4) is 0 Å². The predicted molar refractivity (Wildman–Crippen MR) is 123 cm³/mol. The fourth-order valence-corrected chi connectivity index (χ4v) is 3.30. The Morgan fingerprint density at radius 1 is 1.19 bits per heavy atom. The molecule has 31 heavy (non-hydrogen) atoms. The Kier molecular flexibility index (Phi) is 7.40. The SMILES string of the molecule is COC(=O)N(C)c1ccc(NC(=O)/C=C/c2cccc(OCc3csc(C)n3)c2)cc1. The van der Waals surface area contributed by atoms with Crippen molar-refractivity contribution in [2.75, 3.05) is 24.4 Å². The van der Waals surface area contributed by atoms with Gasteiger partial charge in [0, 0.05) is 29.9 Å². The van der Waals surface area contributed by atoms with Crippen molar-refractivity contribution in [1.82, 2.24) is 4.98 Å². The number of hydrogen-bond donors (Lipinski definition) is 1. The Hall–Kier alpha value is -3.65. The molecule has 0 unspecified atom stereocenters. The van der Waals surface area contributed by atoms with Gasteiger partial charge in [0.25, 0.3) is 0 Å². The number of carbonyl (C=O) groups is 2. The summed E-state index contributed by atoms with van der Waals surface area (Å²) in [6.45, 7) is 2.36. The molecule has 160 valence electrons. The lowest BCUT2D eigenvalue weighted by atomic mass is 10.2. The topological polar surface area (TPSA) is 80.8 Å². The third kappa shape index (κ3) is 6.42. The molecule has 0 atom stereocenters. The molecule has 0 saturated carbocycles. The van der Waals surface area contributed by atoms with Crippen molar-refractivity contribution < 1.29 is 19.1 Å². The second kappa shape index (κ2) is 10.4. The molecule has 0 saturated heterocycles. The molecule has 0 aliphatic rings. The third-order valence-electron chi connectivity index (χ3n) is 4.31. The van der Waals surface area contributed by atoms with Gasteiger partial charge in [0.05, 0.1) is 17.8 Å². The number of nitrogens with one attached hydrogen (secondary N) is 1. The lowest BCUT2D eigenvalue weighted by Crippen LogP contribution is -2.25. The number of amides is 2. The molecule has 1 N–H and O–H groups in total. The Balaban J connectivity index is 1.55. The van der Waals surface area contributed by atoms with Crippen molar-refractivity contribution in [3.8, 4) is 5.75 Å². The standard InChI is InChI=1S/C23H23N3O4S/c1-16-24-19(15-31-16)14-30-21-6-4-5-17(13-21)7-12-22(27)25-18-8-10-20(11-9-18)26(2)23(28)29-3/h4-13,15H,14H2,1-3H3,(H,25,27)/b12-7+. The van der Waals surface area contributed by atoms with E-state index in [-0.39, 0.29) is 5.91 Å². The molecule has 0 fully saturated rings. The quantitative estimate of drug-likeness (QED) is 0.533. The number of nitrogens with zero attached hydrogens (tertiary/aromatic N) is 2. The van der Waals surface area contributed by atoms with Crippen molar-refractivity contribution in [1.29, 1.82) is 0 Å². The molecule has 2 aromatic carbocycles. The molecule has 0 radical (unpaired) electrons. The number of anilines is 2. The van der Waals surface area contributed by atoms with Crippen LogP contribution in [0.25, 0.3) is 6.08 Å². The van der Waals surface area contributed by atoms with Gasteiger partial charge in [-0.2, -0.15) is 0 Å². The summed E-state index contributed by atoms with van der Waals surface area (Å²) in [5.41, 5.74) is 3.01. The number of aryl methyl sites for hydroxylation is 1. The van der Waals surface area contributed by atoms with Crippen LogP contribution in [0.1, 0.15) is 16.3 Å². The zero-order valence-corrected chi connectivity index (χ0v) is 18.3. The average molecular weight is 438 g/mol. The fraction of sp³-hybridized carbons (Fsp3) is 0.174. The number of ether oxygens (including phenoxy) is 2. The van der Waals surface area contributed by atoms with E-state index in [9.17, 15) is 9.59 Å². The molecule has 1 aromatic heterocycles. The summed E-state index contributed by atoms with van der Waals surface area (Å²) < 4.78 is 10.5. The van der Waals surface area contributed by atoms with Gasteiger partial charge in [0.15, 0.2) is 0 Å². The first-order chi connectivity index (χ1) is 14.9. The van der Waals surface area contributed by atoms with Crippen molar-refractivity contribution in [3.63, 3.8) is 0 Å². The van der Waals surface area contributed by atoms with E-state index >= 15 is 0 Å². The van der Waals surface area contributed by atoms with Gasteiger partial charge in [-0.15, -0.1) is 11.3 Å². The molecule has 1 heterocycles. The molecule has 0 bridgehead atoms. The largest absolute Gasteiger partial charge is 0.487 e. The van der Waals surface area contributed by atoms with E-state index in [1.165, 1.54) is 18.1 Å². The first-order valence-corrected chi connectivity index (χ1v) is 10.4. The molecule has 0 aliphatic heterocycles. The summed E-state index contributed by atoms with van der Waals surface area (Å²) in [7, 11) is 2.93. The van der Waals surface area contributed by atoms with Crippen LogP contribution in [0.2, 0.25) is 0 Å². The highest BCUT2D eigenvalue weighted by atomic mass is 32.1. The molecule has 3 aromatic rings.